The summed E-state index contributed by atoms with van der Waals surface area (Å²) in [5, 5.41) is 0. The Bertz CT molecular complexity index is 234. The zero-order valence-corrected chi connectivity index (χ0v) is 9.04. The highest BCUT2D eigenvalue weighted by atomic mass is 16.5. The normalized spacial score (nSPS) is 32.4. The van der Waals surface area contributed by atoms with Crippen LogP contribution in [0.1, 0.15) is 32.6 Å². The maximum absolute atomic E-state index is 5.51. The quantitative estimate of drug-likeness (QED) is 0.610. The zero-order valence-electron chi connectivity index (χ0n) is 9.04. The molecule has 0 aromatic heterocycles. The van der Waals surface area contributed by atoms with Gasteiger partial charge in [-0.1, -0.05) is 31.1 Å². The van der Waals surface area contributed by atoms with Crippen molar-refractivity contribution in [3.05, 3.63) is 23.8 Å². The second-order valence-corrected chi connectivity index (χ2v) is 4.43. The molecule has 0 radical (unpaired) electrons. The Hall–Kier alpha value is -0.560. The minimum Gasteiger partial charge on any atom is -0.376 e. The van der Waals surface area contributed by atoms with Crippen molar-refractivity contribution in [2.45, 2.75) is 32.6 Å². The fourth-order valence-corrected chi connectivity index (χ4v) is 2.53. The minimum absolute atomic E-state index is 0.570. The molecule has 0 aromatic carbocycles. The van der Waals surface area contributed by atoms with Gasteiger partial charge in [0.25, 0.3) is 0 Å². The van der Waals surface area contributed by atoms with E-state index in [9.17, 15) is 0 Å². The van der Waals surface area contributed by atoms with Crippen molar-refractivity contribution >= 4 is 0 Å². The van der Waals surface area contributed by atoms with E-state index in [-0.39, 0.29) is 0 Å². The van der Waals surface area contributed by atoms with Crippen LogP contribution in [0.4, 0.5) is 0 Å². The molecule has 2 rings (SSSR count). The summed E-state index contributed by atoms with van der Waals surface area (Å²) in [6.07, 6.45) is 12.5. The largest absolute Gasteiger partial charge is 0.376 e. The number of ether oxygens (including phenoxy) is 1. The summed E-state index contributed by atoms with van der Waals surface area (Å²) in [6.45, 7) is 3.85. The summed E-state index contributed by atoms with van der Waals surface area (Å²) in [5.74, 6) is 1.42. The van der Waals surface area contributed by atoms with Crippen LogP contribution in [0.5, 0.6) is 0 Å². The molecule has 2 aliphatic rings. The first kappa shape index (κ1) is 9.97. The first-order chi connectivity index (χ1) is 6.90. The van der Waals surface area contributed by atoms with E-state index >= 15 is 0 Å². The van der Waals surface area contributed by atoms with Crippen LogP contribution < -0.4 is 0 Å². The molecule has 0 N–H and O–H groups in total. The molecule has 0 spiro atoms. The van der Waals surface area contributed by atoms with Crippen molar-refractivity contribution < 1.29 is 4.74 Å². The molecular formula is C13H20O. The molecule has 0 aromatic rings. The van der Waals surface area contributed by atoms with Crippen LogP contribution in [0.2, 0.25) is 0 Å². The topological polar surface area (TPSA) is 9.23 Å². The van der Waals surface area contributed by atoms with Gasteiger partial charge in [-0.15, -0.1) is 0 Å². The predicted octanol–water partition coefficient (Wildman–Crippen LogP) is 3.33. The van der Waals surface area contributed by atoms with E-state index in [0.29, 0.717) is 5.92 Å². The summed E-state index contributed by atoms with van der Waals surface area (Å²) in [4.78, 5) is 0. The Morgan fingerprint density at radius 3 is 2.79 bits per heavy atom. The third kappa shape index (κ3) is 2.27. The van der Waals surface area contributed by atoms with Crippen LogP contribution in [0.25, 0.3) is 0 Å². The lowest BCUT2D eigenvalue weighted by molar-refractivity contribution is 0.195. The van der Waals surface area contributed by atoms with E-state index in [2.05, 4.69) is 25.2 Å². The van der Waals surface area contributed by atoms with Gasteiger partial charge >= 0.3 is 0 Å². The van der Waals surface area contributed by atoms with Crippen LogP contribution in [-0.2, 0) is 4.74 Å². The lowest BCUT2D eigenvalue weighted by atomic mass is 9.96. The number of hydrogen-bond donors (Lipinski definition) is 0. The second-order valence-electron chi connectivity index (χ2n) is 4.43. The Morgan fingerprint density at radius 1 is 1.29 bits per heavy atom. The molecule has 0 amide bonds. The fourth-order valence-electron chi connectivity index (χ4n) is 2.53. The standard InChI is InChI=1S/C13H20O/c1-2-5-12-9-14-10-13(12)8-11-6-3-4-7-11/h2,5,8,11-12H,3-4,6-7,9-10H2,1H3/b5-2+,13-8-/t12-/m0/s1. The van der Waals surface area contributed by atoms with Crippen LogP contribution in [0.3, 0.4) is 0 Å². The lowest BCUT2D eigenvalue weighted by Gasteiger charge is -2.07. The van der Waals surface area contributed by atoms with Gasteiger partial charge in [0.15, 0.2) is 0 Å². The molecule has 1 aliphatic carbocycles. The molecule has 1 saturated carbocycles. The molecule has 2 fully saturated rings. The van der Waals surface area contributed by atoms with Crippen molar-refractivity contribution in [1.82, 2.24) is 0 Å². The van der Waals surface area contributed by atoms with Gasteiger partial charge in [0.1, 0.15) is 0 Å². The predicted molar refractivity (Wildman–Crippen MR) is 59.2 cm³/mol. The molecule has 14 heavy (non-hydrogen) atoms. The van der Waals surface area contributed by atoms with E-state index in [1.165, 1.54) is 31.3 Å². The molecule has 1 heterocycles. The maximum atomic E-state index is 5.51. The average molecular weight is 192 g/mol. The van der Waals surface area contributed by atoms with Gasteiger partial charge in [-0.3, -0.25) is 0 Å². The number of allylic oxidation sites excluding steroid dienone is 2. The van der Waals surface area contributed by atoms with Gasteiger partial charge in [-0.2, -0.15) is 0 Å². The van der Waals surface area contributed by atoms with Crippen molar-refractivity contribution in [2.24, 2.45) is 11.8 Å². The molecule has 0 unspecified atom stereocenters. The molecule has 1 heteroatoms. The SMILES string of the molecule is C/C=C/[C@H]1COC/C1=C/C1CCCC1. The van der Waals surface area contributed by atoms with E-state index < -0.39 is 0 Å². The van der Waals surface area contributed by atoms with E-state index in [0.717, 1.165) is 19.1 Å². The van der Waals surface area contributed by atoms with E-state index in [1.807, 2.05) is 0 Å². The molecule has 1 aliphatic heterocycles. The number of hydrogen-bond acceptors (Lipinski definition) is 1. The smallest absolute Gasteiger partial charge is 0.0683 e. The summed E-state index contributed by atoms with van der Waals surface area (Å²) in [6, 6.07) is 0. The summed E-state index contributed by atoms with van der Waals surface area (Å²) in [7, 11) is 0. The first-order valence-electron chi connectivity index (χ1n) is 5.81. The maximum Gasteiger partial charge on any atom is 0.0683 e. The van der Waals surface area contributed by atoms with Crippen molar-refractivity contribution in [1.29, 1.82) is 0 Å². The van der Waals surface area contributed by atoms with Gasteiger partial charge in [-0.25, -0.2) is 0 Å². The van der Waals surface area contributed by atoms with Crippen LogP contribution in [0, 0.1) is 11.8 Å². The van der Waals surface area contributed by atoms with Crippen molar-refractivity contribution in [3.8, 4) is 0 Å². The minimum atomic E-state index is 0.570. The van der Waals surface area contributed by atoms with E-state index in [1.54, 1.807) is 0 Å². The summed E-state index contributed by atoms with van der Waals surface area (Å²) >= 11 is 0. The van der Waals surface area contributed by atoms with Crippen molar-refractivity contribution in [3.63, 3.8) is 0 Å². The fraction of sp³-hybridized carbons (Fsp3) is 0.692. The Morgan fingerprint density at radius 2 is 2.07 bits per heavy atom. The van der Waals surface area contributed by atoms with Gasteiger partial charge in [0, 0.05) is 5.92 Å². The Kier molecular flexibility index (Phi) is 3.41. The van der Waals surface area contributed by atoms with Crippen LogP contribution >= 0.6 is 0 Å². The van der Waals surface area contributed by atoms with Gasteiger partial charge in [0.2, 0.25) is 0 Å². The third-order valence-electron chi connectivity index (χ3n) is 3.32. The Labute approximate surface area is 86.8 Å². The van der Waals surface area contributed by atoms with Crippen LogP contribution in [-0.4, -0.2) is 13.2 Å². The summed E-state index contributed by atoms with van der Waals surface area (Å²) in [5.41, 5.74) is 1.52. The molecule has 1 atom stereocenters. The zero-order chi connectivity index (χ0) is 9.80. The summed E-state index contributed by atoms with van der Waals surface area (Å²) < 4.78 is 5.51. The molecule has 0 bridgehead atoms. The Balaban J connectivity index is 2.00. The van der Waals surface area contributed by atoms with E-state index in [4.69, 9.17) is 4.74 Å². The van der Waals surface area contributed by atoms with Crippen LogP contribution in [0.15, 0.2) is 23.8 Å². The number of rotatable bonds is 2. The molecule has 78 valence electrons. The highest BCUT2D eigenvalue weighted by molar-refractivity contribution is 5.18. The third-order valence-corrected chi connectivity index (χ3v) is 3.32. The highest BCUT2D eigenvalue weighted by Crippen LogP contribution is 2.30. The monoisotopic (exact) mass is 192 g/mol. The molecule has 1 saturated heterocycles. The molecule has 1 nitrogen and oxygen atoms in total. The highest BCUT2D eigenvalue weighted by Gasteiger charge is 2.21. The van der Waals surface area contributed by atoms with Gasteiger partial charge in [-0.05, 0) is 31.3 Å². The average Bonchev–Trinajstić information content (AvgIpc) is 2.80. The second kappa shape index (κ2) is 4.79. The lowest BCUT2D eigenvalue weighted by Crippen LogP contribution is -2.00. The van der Waals surface area contributed by atoms with Gasteiger partial charge in [0.05, 0.1) is 13.2 Å². The van der Waals surface area contributed by atoms with Crippen molar-refractivity contribution in [2.75, 3.05) is 13.2 Å². The first-order valence-corrected chi connectivity index (χ1v) is 5.81. The molecular weight excluding hydrogens is 172 g/mol. The van der Waals surface area contributed by atoms with Gasteiger partial charge < -0.3 is 4.74 Å².